The van der Waals surface area contributed by atoms with Crippen LogP contribution < -0.4 is 5.32 Å². The fourth-order valence-electron chi connectivity index (χ4n) is 2.55. The first kappa shape index (κ1) is 14.5. The Kier molecular flexibility index (Phi) is 6.62. The lowest BCUT2D eigenvalue weighted by molar-refractivity contribution is 0.108. The van der Waals surface area contributed by atoms with Gasteiger partial charge in [0.1, 0.15) is 0 Å². The molecule has 0 spiro atoms. The van der Waals surface area contributed by atoms with Crippen LogP contribution in [0.15, 0.2) is 0 Å². The van der Waals surface area contributed by atoms with E-state index in [0.29, 0.717) is 6.04 Å². The van der Waals surface area contributed by atoms with Gasteiger partial charge in [-0.25, -0.2) is 0 Å². The van der Waals surface area contributed by atoms with E-state index in [-0.39, 0.29) is 0 Å². The van der Waals surface area contributed by atoms with Crippen LogP contribution in [0.5, 0.6) is 0 Å². The highest BCUT2D eigenvalue weighted by molar-refractivity contribution is 4.87. The van der Waals surface area contributed by atoms with Crippen LogP contribution in [0.1, 0.15) is 46.5 Å². The summed E-state index contributed by atoms with van der Waals surface area (Å²) in [6, 6.07) is 1.38. The Morgan fingerprint density at radius 1 is 1.41 bits per heavy atom. The quantitative estimate of drug-likeness (QED) is 0.563. The van der Waals surface area contributed by atoms with E-state index in [0.717, 1.165) is 24.9 Å². The fourth-order valence-corrected chi connectivity index (χ4v) is 2.55. The summed E-state index contributed by atoms with van der Waals surface area (Å²) in [5.74, 6) is 3.45. The van der Waals surface area contributed by atoms with E-state index in [1.54, 1.807) is 0 Å². The lowest BCUT2D eigenvalue weighted by Crippen LogP contribution is -2.57. The van der Waals surface area contributed by atoms with Gasteiger partial charge in [0.05, 0.1) is 0 Å². The van der Waals surface area contributed by atoms with Crippen molar-refractivity contribution in [2.24, 2.45) is 5.92 Å². The van der Waals surface area contributed by atoms with Gasteiger partial charge in [0.2, 0.25) is 0 Å². The molecular weight excluding hydrogens is 208 g/mol. The Hall–Kier alpha value is -0.520. The molecule has 0 aromatic carbocycles. The number of hydrogen-bond acceptors (Lipinski definition) is 2. The van der Waals surface area contributed by atoms with Crippen LogP contribution in [0, 0.1) is 18.3 Å². The van der Waals surface area contributed by atoms with Crippen LogP contribution in [0.4, 0.5) is 0 Å². The average molecular weight is 236 g/mol. The first-order chi connectivity index (χ1) is 8.19. The zero-order valence-corrected chi connectivity index (χ0v) is 11.7. The molecular formula is C15H28N2. The third-order valence-electron chi connectivity index (χ3n) is 3.86. The second-order valence-corrected chi connectivity index (χ2v) is 5.48. The molecule has 1 rings (SSSR count). The number of unbranched alkanes of at least 4 members (excludes halogenated alkanes) is 2. The second kappa shape index (κ2) is 7.74. The molecule has 1 heterocycles. The summed E-state index contributed by atoms with van der Waals surface area (Å²) in [4.78, 5) is 2.66. The molecule has 0 bridgehead atoms. The van der Waals surface area contributed by atoms with Gasteiger partial charge in [-0.3, -0.25) is 4.90 Å². The molecule has 17 heavy (non-hydrogen) atoms. The number of nitrogens with one attached hydrogen (secondary N) is 1. The SMILES string of the molecule is C#CCCCCN1CC(C(C)C)NCC1CC. The molecule has 2 heteroatoms. The first-order valence-electron chi connectivity index (χ1n) is 7.09. The Labute approximate surface area is 107 Å². The highest BCUT2D eigenvalue weighted by Gasteiger charge is 2.27. The van der Waals surface area contributed by atoms with E-state index in [1.807, 2.05) is 0 Å². The van der Waals surface area contributed by atoms with E-state index in [4.69, 9.17) is 6.42 Å². The third kappa shape index (κ3) is 4.69. The second-order valence-electron chi connectivity index (χ2n) is 5.48. The van der Waals surface area contributed by atoms with Crippen molar-refractivity contribution in [3.8, 4) is 12.3 Å². The number of rotatable bonds is 6. The molecule has 0 aromatic rings. The standard InChI is InChI=1S/C15H28N2/c1-5-7-8-9-10-17-12-15(13(3)4)16-11-14(17)6-2/h1,13-16H,6-12H2,2-4H3. The van der Waals surface area contributed by atoms with Gasteiger partial charge in [-0.2, -0.15) is 0 Å². The summed E-state index contributed by atoms with van der Waals surface area (Å²) in [6.07, 6.45) is 9.87. The van der Waals surface area contributed by atoms with Crippen LogP contribution in [0.25, 0.3) is 0 Å². The molecule has 1 aliphatic heterocycles. The number of piperazine rings is 1. The normalized spacial score (nSPS) is 26.1. The van der Waals surface area contributed by atoms with Crippen LogP contribution >= 0.6 is 0 Å². The maximum Gasteiger partial charge on any atom is 0.0218 e. The summed E-state index contributed by atoms with van der Waals surface area (Å²) >= 11 is 0. The van der Waals surface area contributed by atoms with Crippen molar-refractivity contribution in [2.45, 2.75) is 58.5 Å². The van der Waals surface area contributed by atoms with E-state index in [2.05, 4.69) is 36.9 Å². The fraction of sp³-hybridized carbons (Fsp3) is 0.867. The van der Waals surface area contributed by atoms with E-state index >= 15 is 0 Å². The van der Waals surface area contributed by atoms with Gasteiger partial charge in [-0.05, 0) is 31.7 Å². The van der Waals surface area contributed by atoms with E-state index in [1.165, 1.54) is 32.4 Å². The lowest BCUT2D eigenvalue weighted by Gasteiger charge is -2.41. The molecule has 1 N–H and O–H groups in total. The van der Waals surface area contributed by atoms with E-state index < -0.39 is 0 Å². The number of hydrogen-bond donors (Lipinski definition) is 1. The van der Waals surface area contributed by atoms with Crippen molar-refractivity contribution in [3.05, 3.63) is 0 Å². The van der Waals surface area contributed by atoms with Crippen LogP contribution in [0.3, 0.4) is 0 Å². The zero-order valence-electron chi connectivity index (χ0n) is 11.7. The summed E-state index contributed by atoms with van der Waals surface area (Å²) in [5, 5.41) is 3.68. The van der Waals surface area contributed by atoms with Gasteiger partial charge in [0.15, 0.2) is 0 Å². The van der Waals surface area contributed by atoms with Crippen molar-refractivity contribution < 1.29 is 0 Å². The minimum atomic E-state index is 0.658. The molecule has 1 saturated heterocycles. The summed E-state index contributed by atoms with van der Waals surface area (Å²) in [7, 11) is 0. The molecule has 0 amide bonds. The Bertz CT molecular complexity index is 242. The highest BCUT2D eigenvalue weighted by Crippen LogP contribution is 2.15. The Morgan fingerprint density at radius 2 is 2.18 bits per heavy atom. The van der Waals surface area contributed by atoms with Crippen molar-refractivity contribution in [1.82, 2.24) is 10.2 Å². The van der Waals surface area contributed by atoms with Crippen molar-refractivity contribution in [2.75, 3.05) is 19.6 Å². The van der Waals surface area contributed by atoms with Gasteiger partial charge in [0, 0.05) is 31.6 Å². The largest absolute Gasteiger partial charge is 0.311 e. The van der Waals surface area contributed by atoms with Gasteiger partial charge < -0.3 is 5.32 Å². The third-order valence-corrected chi connectivity index (χ3v) is 3.86. The van der Waals surface area contributed by atoms with Gasteiger partial charge in [-0.1, -0.05) is 20.8 Å². The summed E-state index contributed by atoms with van der Waals surface area (Å²) in [5.41, 5.74) is 0. The monoisotopic (exact) mass is 236 g/mol. The van der Waals surface area contributed by atoms with Crippen LogP contribution in [-0.4, -0.2) is 36.6 Å². The van der Waals surface area contributed by atoms with Gasteiger partial charge in [-0.15, -0.1) is 12.3 Å². The minimum Gasteiger partial charge on any atom is -0.311 e. The topological polar surface area (TPSA) is 15.3 Å². The Morgan fingerprint density at radius 3 is 2.76 bits per heavy atom. The molecule has 1 aliphatic rings. The minimum absolute atomic E-state index is 0.658. The molecule has 0 saturated carbocycles. The van der Waals surface area contributed by atoms with Crippen molar-refractivity contribution in [1.29, 1.82) is 0 Å². The maximum absolute atomic E-state index is 5.29. The number of terminal acetylenes is 1. The molecule has 0 aromatic heterocycles. The predicted octanol–water partition coefficient (Wildman–Crippen LogP) is 2.50. The maximum atomic E-state index is 5.29. The molecule has 1 fully saturated rings. The van der Waals surface area contributed by atoms with Crippen molar-refractivity contribution in [3.63, 3.8) is 0 Å². The smallest absolute Gasteiger partial charge is 0.0218 e. The zero-order chi connectivity index (χ0) is 12.7. The summed E-state index contributed by atoms with van der Waals surface area (Å²) in [6.45, 7) is 10.5. The predicted molar refractivity (Wildman–Crippen MR) is 75.0 cm³/mol. The molecule has 0 aliphatic carbocycles. The molecule has 2 atom stereocenters. The van der Waals surface area contributed by atoms with Gasteiger partial charge >= 0.3 is 0 Å². The number of nitrogens with zero attached hydrogens (tertiary/aromatic N) is 1. The van der Waals surface area contributed by atoms with Crippen LogP contribution in [-0.2, 0) is 0 Å². The van der Waals surface area contributed by atoms with E-state index in [9.17, 15) is 0 Å². The molecule has 2 nitrogen and oxygen atoms in total. The Balaban J connectivity index is 2.38. The molecule has 0 radical (unpaired) electrons. The average Bonchev–Trinajstić information content (AvgIpc) is 2.34. The highest BCUT2D eigenvalue weighted by atomic mass is 15.2. The van der Waals surface area contributed by atoms with Crippen molar-refractivity contribution >= 4 is 0 Å². The van der Waals surface area contributed by atoms with Gasteiger partial charge in [0.25, 0.3) is 0 Å². The summed E-state index contributed by atoms with van der Waals surface area (Å²) < 4.78 is 0. The molecule has 2 unspecified atom stereocenters. The first-order valence-corrected chi connectivity index (χ1v) is 7.09. The van der Waals surface area contributed by atoms with Crippen LogP contribution in [0.2, 0.25) is 0 Å². The lowest BCUT2D eigenvalue weighted by atomic mass is 9.98. The molecule has 98 valence electrons.